The number of fused-ring (bicyclic) bond motifs is 2. The fourth-order valence-corrected chi connectivity index (χ4v) is 5.41. The van der Waals surface area contributed by atoms with Crippen molar-refractivity contribution in [2.24, 2.45) is 5.10 Å². The Balaban J connectivity index is 1.36. The maximum Gasteiger partial charge on any atom is 0.416 e. The maximum absolute atomic E-state index is 13.5. The zero-order chi connectivity index (χ0) is 30.8. The van der Waals surface area contributed by atoms with Gasteiger partial charge < -0.3 is 18.9 Å². The molecule has 0 amide bonds. The summed E-state index contributed by atoms with van der Waals surface area (Å²) in [5.41, 5.74) is 0.500. The lowest BCUT2D eigenvalue weighted by Crippen LogP contribution is -2.20. The van der Waals surface area contributed by atoms with Gasteiger partial charge in [0.2, 0.25) is 6.79 Å². The van der Waals surface area contributed by atoms with Crippen LogP contribution in [0.4, 0.5) is 13.2 Å². The third kappa shape index (κ3) is 6.07. The topological polar surface area (TPSA) is 84.2 Å². The second-order valence-electron chi connectivity index (χ2n) is 9.63. The van der Waals surface area contributed by atoms with Crippen LogP contribution in [0.3, 0.4) is 0 Å². The second-order valence-corrected chi connectivity index (χ2v) is 10.8. The van der Waals surface area contributed by atoms with Crippen LogP contribution in [0.5, 0.6) is 23.0 Å². The van der Waals surface area contributed by atoms with Crippen LogP contribution < -0.4 is 24.5 Å². The molecule has 5 aromatic rings. The number of rotatable bonds is 8. The Bertz CT molecular complexity index is 1960. The molecule has 8 nitrogen and oxygen atoms in total. The Morgan fingerprint density at radius 3 is 2.64 bits per heavy atom. The standard InChI is InChI=1S/C32H23F3IN3O5/c1-2-41-28-14-20(12-24(36)29(28)42-17-19-10-11-26-27(13-19)44-18-43-26)16-37-39-30(21-6-5-7-22(15-21)32(33,34)35)38-25-9-4-3-8-23(25)31(39)40/h3-16H,2,17-18H2,1H3. The quantitative estimate of drug-likeness (QED) is 0.124. The number of para-hydroxylation sites is 1. The molecule has 0 saturated carbocycles. The lowest BCUT2D eigenvalue weighted by Gasteiger charge is -2.15. The Kier molecular flexibility index (Phi) is 8.17. The first kappa shape index (κ1) is 29.5. The summed E-state index contributed by atoms with van der Waals surface area (Å²) in [7, 11) is 0. The van der Waals surface area contributed by atoms with E-state index in [1.807, 2.05) is 25.1 Å². The van der Waals surface area contributed by atoms with Gasteiger partial charge in [-0.1, -0.05) is 30.3 Å². The van der Waals surface area contributed by atoms with Gasteiger partial charge in [-0.2, -0.15) is 22.9 Å². The first-order valence-electron chi connectivity index (χ1n) is 13.4. The molecule has 0 aliphatic carbocycles. The van der Waals surface area contributed by atoms with Crippen molar-refractivity contribution >= 4 is 39.7 Å². The normalized spacial score (nSPS) is 12.7. The van der Waals surface area contributed by atoms with Crippen molar-refractivity contribution in [2.45, 2.75) is 19.7 Å². The van der Waals surface area contributed by atoms with Crippen molar-refractivity contribution in [1.82, 2.24) is 9.66 Å². The van der Waals surface area contributed by atoms with Crippen LogP contribution in [0.1, 0.15) is 23.6 Å². The number of aromatic nitrogens is 2. The van der Waals surface area contributed by atoms with Gasteiger partial charge in [0.05, 0.1) is 32.9 Å². The van der Waals surface area contributed by atoms with E-state index in [1.54, 1.807) is 36.4 Å². The van der Waals surface area contributed by atoms with Gasteiger partial charge in [-0.25, -0.2) is 4.98 Å². The number of hydrogen-bond donors (Lipinski definition) is 0. The molecule has 0 bridgehead atoms. The van der Waals surface area contributed by atoms with Gasteiger partial charge in [0.1, 0.15) is 6.61 Å². The SMILES string of the molecule is CCOc1cc(C=Nn2c(-c3cccc(C(F)(F)F)c3)nc3ccccc3c2=O)cc(I)c1OCc1ccc2c(c1)OCO2. The zero-order valence-electron chi connectivity index (χ0n) is 23.1. The van der Waals surface area contributed by atoms with Crippen LogP contribution in [-0.4, -0.2) is 29.3 Å². The molecule has 0 unspecified atom stereocenters. The molecular formula is C32H23F3IN3O5. The summed E-state index contributed by atoms with van der Waals surface area (Å²) in [6, 6.07) is 20.3. The van der Waals surface area contributed by atoms with E-state index in [0.29, 0.717) is 40.7 Å². The highest BCUT2D eigenvalue weighted by molar-refractivity contribution is 14.1. The molecule has 12 heteroatoms. The monoisotopic (exact) mass is 713 g/mol. The minimum Gasteiger partial charge on any atom is -0.490 e. The van der Waals surface area contributed by atoms with Crippen molar-refractivity contribution < 1.29 is 32.1 Å². The third-order valence-electron chi connectivity index (χ3n) is 6.68. The maximum atomic E-state index is 13.5. The van der Waals surface area contributed by atoms with Crippen molar-refractivity contribution in [1.29, 1.82) is 0 Å². The predicted molar refractivity (Wildman–Crippen MR) is 167 cm³/mol. The molecule has 0 N–H and O–H groups in total. The third-order valence-corrected chi connectivity index (χ3v) is 7.48. The molecule has 1 aliphatic rings. The summed E-state index contributed by atoms with van der Waals surface area (Å²) in [6.07, 6.45) is -3.14. The van der Waals surface area contributed by atoms with Crippen molar-refractivity contribution in [3.63, 3.8) is 0 Å². The molecule has 2 heterocycles. The number of ether oxygens (including phenoxy) is 4. The number of alkyl halides is 3. The van der Waals surface area contributed by atoms with Crippen LogP contribution in [0.15, 0.2) is 88.8 Å². The highest BCUT2D eigenvalue weighted by Gasteiger charge is 2.31. The average molecular weight is 713 g/mol. The van der Waals surface area contributed by atoms with Crippen LogP contribution in [-0.2, 0) is 12.8 Å². The number of nitrogens with zero attached hydrogens (tertiary/aromatic N) is 3. The smallest absolute Gasteiger partial charge is 0.416 e. The first-order chi connectivity index (χ1) is 21.2. The Morgan fingerprint density at radius 2 is 1.82 bits per heavy atom. The first-order valence-corrected chi connectivity index (χ1v) is 14.5. The molecule has 1 aliphatic heterocycles. The number of halogens is 4. The van der Waals surface area contributed by atoms with Crippen molar-refractivity contribution in [2.75, 3.05) is 13.4 Å². The lowest BCUT2D eigenvalue weighted by molar-refractivity contribution is -0.137. The summed E-state index contributed by atoms with van der Waals surface area (Å²) < 4.78 is 65.1. The largest absolute Gasteiger partial charge is 0.490 e. The van der Waals surface area contributed by atoms with Crippen LogP contribution in [0.2, 0.25) is 0 Å². The predicted octanol–water partition coefficient (Wildman–Crippen LogP) is 7.28. The molecule has 44 heavy (non-hydrogen) atoms. The second kappa shape index (κ2) is 12.2. The zero-order valence-corrected chi connectivity index (χ0v) is 25.3. The van der Waals surface area contributed by atoms with Gasteiger partial charge in [0.25, 0.3) is 5.56 Å². The summed E-state index contributed by atoms with van der Waals surface area (Å²) in [5, 5.41) is 4.68. The molecule has 0 atom stereocenters. The summed E-state index contributed by atoms with van der Waals surface area (Å²) in [6.45, 7) is 2.64. The Morgan fingerprint density at radius 1 is 1.00 bits per heavy atom. The van der Waals surface area contributed by atoms with Crippen LogP contribution in [0.25, 0.3) is 22.3 Å². The van der Waals surface area contributed by atoms with E-state index in [4.69, 9.17) is 18.9 Å². The summed E-state index contributed by atoms with van der Waals surface area (Å²) >= 11 is 2.12. The lowest BCUT2D eigenvalue weighted by atomic mass is 10.1. The molecule has 0 fully saturated rings. The molecule has 0 spiro atoms. The van der Waals surface area contributed by atoms with E-state index >= 15 is 0 Å². The van der Waals surface area contributed by atoms with Crippen molar-refractivity contribution in [3.8, 4) is 34.4 Å². The molecule has 224 valence electrons. The Hall–Kier alpha value is -4.59. The van der Waals surface area contributed by atoms with Crippen LogP contribution >= 0.6 is 22.6 Å². The van der Waals surface area contributed by atoms with Gasteiger partial charge in [-0.3, -0.25) is 4.79 Å². The van der Waals surface area contributed by atoms with Crippen LogP contribution in [0, 0.1) is 3.57 Å². The van der Waals surface area contributed by atoms with E-state index in [1.165, 1.54) is 18.3 Å². The molecule has 1 aromatic heterocycles. The summed E-state index contributed by atoms with van der Waals surface area (Å²) in [5.74, 6) is 2.29. The van der Waals surface area contributed by atoms with Gasteiger partial charge in [-0.15, -0.1) is 0 Å². The molecular weight excluding hydrogens is 690 g/mol. The van der Waals surface area contributed by atoms with E-state index in [-0.39, 0.29) is 30.2 Å². The van der Waals surface area contributed by atoms with Gasteiger partial charge in [0, 0.05) is 5.56 Å². The van der Waals surface area contributed by atoms with Gasteiger partial charge in [0.15, 0.2) is 28.8 Å². The Labute approximate surface area is 262 Å². The molecule has 4 aromatic carbocycles. The number of hydrogen-bond acceptors (Lipinski definition) is 7. The molecule has 0 saturated heterocycles. The number of benzene rings is 4. The van der Waals surface area contributed by atoms with Gasteiger partial charge in [-0.05, 0) is 89.2 Å². The van der Waals surface area contributed by atoms with E-state index in [0.717, 1.165) is 25.9 Å². The fourth-order valence-electron chi connectivity index (χ4n) is 4.63. The fraction of sp³-hybridized carbons (Fsp3) is 0.156. The highest BCUT2D eigenvalue weighted by atomic mass is 127. The molecule has 0 radical (unpaired) electrons. The van der Waals surface area contributed by atoms with Gasteiger partial charge >= 0.3 is 6.18 Å². The highest BCUT2D eigenvalue weighted by Crippen LogP contribution is 2.37. The van der Waals surface area contributed by atoms with E-state index < -0.39 is 17.3 Å². The summed E-state index contributed by atoms with van der Waals surface area (Å²) in [4.78, 5) is 18.0. The minimum atomic E-state index is -4.57. The van der Waals surface area contributed by atoms with E-state index in [2.05, 4.69) is 32.7 Å². The minimum absolute atomic E-state index is 0.0283. The average Bonchev–Trinajstić information content (AvgIpc) is 3.48. The van der Waals surface area contributed by atoms with E-state index in [9.17, 15) is 18.0 Å². The molecule has 6 rings (SSSR count). The van der Waals surface area contributed by atoms with Crippen molar-refractivity contribution in [3.05, 3.63) is 109 Å².